The topological polar surface area (TPSA) is 110 Å². The number of anilines is 1. The number of hydrogen-bond acceptors (Lipinski definition) is 6. The molecule has 0 spiro atoms. The van der Waals surface area contributed by atoms with E-state index in [1.165, 1.54) is 41.7 Å². The van der Waals surface area contributed by atoms with Crippen molar-refractivity contribution in [2.24, 2.45) is 5.73 Å². The highest BCUT2D eigenvalue weighted by Crippen LogP contribution is 2.40. The van der Waals surface area contributed by atoms with Crippen LogP contribution in [0.25, 0.3) is 11.3 Å². The van der Waals surface area contributed by atoms with Crippen LogP contribution in [-0.2, 0) is 4.79 Å². The van der Waals surface area contributed by atoms with Crippen LogP contribution >= 0.6 is 0 Å². The smallest absolute Gasteiger partial charge is 0.258 e. The molecule has 0 radical (unpaired) electrons. The first-order valence-corrected chi connectivity index (χ1v) is 12.3. The second-order valence-electron chi connectivity index (χ2n) is 9.07. The number of nitrogens with zero attached hydrogens (tertiary/aromatic N) is 3. The Kier molecular flexibility index (Phi) is 8.11. The number of nitrogens with one attached hydrogen (secondary N) is 1. The maximum absolute atomic E-state index is 14.7. The van der Waals surface area contributed by atoms with Crippen LogP contribution in [0.1, 0.15) is 47.2 Å². The number of ether oxygens (including phenoxy) is 1. The lowest BCUT2D eigenvalue weighted by atomic mass is 10.0. The number of carbonyl (C=O) groups excluding carboxylic acids is 2. The summed E-state index contributed by atoms with van der Waals surface area (Å²) >= 11 is 0. The summed E-state index contributed by atoms with van der Waals surface area (Å²) in [7, 11) is 0. The Morgan fingerprint density at radius 1 is 1.29 bits per heavy atom. The van der Waals surface area contributed by atoms with Crippen LogP contribution < -0.4 is 15.8 Å². The second-order valence-corrected chi connectivity index (χ2v) is 9.07. The van der Waals surface area contributed by atoms with Crippen molar-refractivity contribution >= 4 is 17.5 Å². The fourth-order valence-electron chi connectivity index (χ4n) is 4.16. The molecule has 1 saturated carbocycles. The van der Waals surface area contributed by atoms with Gasteiger partial charge in [0.1, 0.15) is 23.7 Å². The zero-order valence-electron chi connectivity index (χ0n) is 21.2. The van der Waals surface area contributed by atoms with Crippen molar-refractivity contribution in [1.29, 1.82) is 0 Å². The van der Waals surface area contributed by atoms with Crippen LogP contribution in [0.5, 0.6) is 5.75 Å². The molecule has 10 heteroatoms. The summed E-state index contributed by atoms with van der Waals surface area (Å²) in [5.41, 5.74) is 8.05. The van der Waals surface area contributed by atoms with Gasteiger partial charge in [0.05, 0.1) is 18.3 Å². The van der Waals surface area contributed by atoms with Crippen molar-refractivity contribution in [3.8, 4) is 17.0 Å². The summed E-state index contributed by atoms with van der Waals surface area (Å²) < 4.78 is 35.2. The zero-order valence-corrected chi connectivity index (χ0v) is 21.2. The number of benzene rings is 2. The van der Waals surface area contributed by atoms with E-state index in [1.807, 2.05) is 0 Å². The summed E-state index contributed by atoms with van der Waals surface area (Å²) in [6, 6.07) is 6.97. The summed E-state index contributed by atoms with van der Waals surface area (Å²) in [6.45, 7) is 7.42. The molecule has 8 nitrogen and oxygen atoms in total. The number of carbonyl (C=O) groups is 2. The first-order chi connectivity index (χ1) is 18.2. The minimum Gasteiger partial charge on any atom is -0.470 e. The number of nitrogens with two attached hydrogens (primary N) is 1. The SMILES string of the molecule is C=CC(=O)N(CC)CC(N)Oc1cncnc1-c1cc(F)cc(NC(=O)c2ccc(C3CC3)cc2F)c1C. The molecule has 1 fully saturated rings. The lowest BCUT2D eigenvalue weighted by molar-refractivity contribution is -0.126. The third-order valence-corrected chi connectivity index (χ3v) is 6.39. The van der Waals surface area contributed by atoms with E-state index >= 15 is 0 Å². The van der Waals surface area contributed by atoms with E-state index in [0.29, 0.717) is 23.6 Å². The Balaban J connectivity index is 1.59. The monoisotopic (exact) mass is 521 g/mol. The predicted molar refractivity (Wildman–Crippen MR) is 140 cm³/mol. The average molecular weight is 522 g/mol. The molecule has 1 unspecified atom stereocenters. The van der Waals surface area contributed by atoms with E-state index < -0.39 is 23.8 Å². The molecule has 1 aliphatic carbocycles. The summed E-state index contributed by atoms with van der Waals surface area (Å²) in [4.78, 5) is 34.5. The Bertz CT molecular complexity index is 1380. The molecule has 2 amide bonds. The van der Waals surface area contributed by atoms with Gasteiger partial charge in [0, 0.05) is 17.8 Å². The van der Waals surface area contributed by atoms with Gasteiger partial charge in [-0.05, 0) is 74.1 Å². The first-order valence-electron chi connectivity index (χ1n) is 12.3. The van der Waals surface area contributed by atoms with E-state index in [1.54, 1.807) is 19.9 Å². The van der Waals surface area contributed by atoms with Crippen LogP contribution in [0.15, 0.2) is 55.5 Å². The van der Waals surface area contributed by atoms with Crippen LogP contribution in [0.2, 0.25) is 0 Å². The fraction of sp³-hybridized carbons (Fsp3) is 0.286. The molecule has 1 aromatic heterocycles. The molecular formula is C28H29F2N5O3. The van der Waals surface area contributed by atoms with Gasteiger partial charge in [-0.1, -0.05) is 12.6 Å². The van der Waals surface area contributed by atoms with Gasteiger partial charge in [-0.2, -0.15) is 0 Å². The number of amides is 2. The van der Waals surface area contributed by atoms with E-state index in [0.717, 1.165) is 24.5 Å². The van der Waals surface area contributed by atoms with Gasteiger partial charge in [-0.15, -0.1) is 0 Å². The Labute approximate surface area is 219 Å². The van der Waals surface area contributed by atoms with Crippen molar-refractivity contribution in [2.45, 2.75) is 38.8 Å². The normalized spacial score (nSPS) is 13.5. The highest BCUT2D eigenvalue weighted by molar-refractivity contribution is 6.05. The van der Waals surface area contributed by atoms with Crippen LogP contribution in [0.3, 0.4) is 0 Å². The Morgan fingerprint density at radius 3 is 2.71 bits per heavy atom. The average Bonchev–Trinajstić information content (AvgIpc) is 3.74. The van der Waals surface area contributed by atoms with Gasteiger partial charge < -0.3 is 15.0 Å². The van der Waals surface area contributed by atoms with Crippen molar-refractivity contribution in [2.75, 3.05) is 18.4 Å². The zero-order chi connectivity index (χ0) is 27.4. The van der Waals surface area contributed by atoms with Gasteiger partial charge >= 0.3 is 0 Å². The molecule has 2 aromatic carbocycles. The van der Waals surface area contributed by atoms with Crippen molar-refractivity contribution in [3.63, 3.8) is 0 Å². The molecule has 3 N–H and O–H groups in total. The van der Waals surface area contributed by atoms with E-state index in [-0.39, 0.29) is 35.1 Å². The minimum absolute atomic E-state index is 0.0736. The van der Waals surface area contributed by atoms with Crippen molar-refractivity contribution in [1.82, 2.24) is 14.9 Å². The third kappa shape index (κ3) is 6.03. The van der Waals surface area contributed by atoms with E-state index in [9.17, 15) is 18.4 Å². The predicted octanol–water partition coefficient (Wildman–Crippen LogP) is 4.56. The molecule has 198 valence electrons. The maximum atomic E-state index is 14.7. The van der Waals surface area contributed by atoms with Crippen LogP contribution in [0.4, 0.5) is 14.5 Å². The largest absolute Gasteiger partial charge is 0.470 e. The Hall–Kier alpha value is -4.18. The summed E-state index contributed by atoms with van der Waals surface area (Å²) in [5.74, 6) is -1.76. The quantitative estimate of drug-likeness (QED) is 0.299. The lowest BCUT2D eigenvalue weighted by Gasteiger charge is -2.24. The molecule has 4 rings (SSSR count). The first kappa shape index (κ1) is 26.9. The maximum Gasteiger partial charge on any atom is 0.258 e. The van der Waals surface area contributed by atoms with Crippen molar-refractivity contribution < 1.29 is 23.1 Å². The van der Waals surface area contributed by atoms with E-state index in [2.05, 4.69) is 21.9 Å². The summed E-state index contributed by atoms with van der Waals surface area (Å²) in [6.07, 6.45) is 4.93. The number of rotatable bonds is 10. The third-order valence-electron chi connectivity index (χ3n) is 6.39. The van der Waals surface area contributed by atoms with Gasteiger partial charge in [0.25, 0.3) is 5.91 Å². The number of hydrogen-bond donors (Lipinski definition) is 2. The van der Waals surface area contributed by atoms with Gasteiger partial charge in [-0.25, -0.2) is 18.7 Å². The number of aromatic nitrogens is 2. The molecule has 0 saturated heterocycles. The van der Waals surface area contributed by atoms with Gasteiger partial charge in [-0.3, -0.25) is 15.3 Å². The molecule has 38 heavy (non-hydrogen) atoms. The van der Waals surface area contributed by atoms with Crippen LogP contribution in [-0.4, -0.2) is 46.0 Å². The highest BCUT2D eigenvalue weighted by Gasteiger charge is 2.25. The van der Waals surface area contributed by atoms with Crippen LogP contribution in [0, 0.1) is 18.6 Å². The molecule has 0 bridgehead atoms. The fourth-order valence-corrected chi connectivity index (χ4v) is 4.16. The van der Waals surface area contributed by atoms with Gasteiger partial charge in [0.2, 0.25) is 5.91 Å². The highest BCUT2D eigenvalue weighted by atomic mass is 19.1. The number of likely N-dealkylation sites (N-methyl/N-ethyl adjacent to an activating group) is 1. The molecule has 3 aromatic rings. The standard InChI is InChI=1S/C28H29F2N5O3/c1-4-26(36)35(5-2)14-25(31)38-24-13-32-15-33-27(24)21-11-19(29)12-23(16(21)3)34-28(37)20-9-8-18(10-22(20)30)17-6-7-17/h4,8-13,15,17,25H,1,5-7,14,31H2,2-3H3,(H,34,37). The molecule has 0 aliphatic heterocycles. The molecule has 1 heterocycles. The van der Waals surface area contributed by atoms with Gasteiger partial charge in [0.15, 0.2) is 12.0 Å². The molecular weight excluding hydrogens is 492 g/mol. The second kappa shape index (κ2) is 11.5. The Morgan fingerprint density at radius 2 is 2.05 bits per heavy atom. The summed E-state index contributed by atoms with van der Waals surface area (Å²) in [5, 5.41) is 2.61. The molecule has 1 atom stereocenters. The minimum atomic E-state index is -0.932. The number of halogens is 2. The van der Waals surface area contributed by atoms with E-state index in [4.69, 9.17) is 10.5 Å². The molecule has 1 aliphatic rings. The lowest BCUT2D eigenvalue weighted by Crippen LogP contribution is -2.43. The van der Waals surface area contributed by atoms with Crippen molar-refractivity contribution in [3.05, 3.63) is 83.8 Å².